The fraction of sp³-hybridized carbons (Fsp3) is 0.923. The molecule has 1 heterocycles. The lowest BCUT2D eigenvalue weighted by atomic mass is 10.0. The van der Waals surface area contributed by atoms with Crippen LogP contribution in [-0.4, -0.2) is 36.0 Å². The number of nitrogens with zero attached hydrogens (tertiary/aromatic N) is 1. The van der Waals surface area contributed by atoms with Gasteiger partial charge in [-0.15, -0.1) is 0 Å². The van der Waals surface area contributed by atoms with Crippen molar-refractivity contribution in [1.82, 2.24) is 10.2 Å². The zero-order valence-electron chi connectivity index (χ0n) is 10.5. The number of unbranched alkanes of at least 4 members (excludes halogenated alkanes) is 1. The van der Waals surface area contributed by atoms with Crippen LogP contribution in [0, 0.1) is 5.92 Å². The highest BCUT2D eigenvalue weighted by Gasteiger charge is 2.38. The third-order valence-electron chi connectivity index (χ3n) is 3.82. The van der Waals surface area contributed by atoms with Crippen LogP contribution in [0.25, 0.3) is 0 Å². The lowest BCUT2D eigenvalue weighted by Gasteiger charge is -2.27. The largest absolute Gasteiger partial charge is 0.338 e. The van der Waals surface area contributed by atoms with E-state index in [1.165, 1.54) is 19.3 Å². The lowest BCUT2D eigenvalue weighted by molar-refractivity contribution is -0.134. The molecule has 3 heteroatoms. The van der Waals surface area contributed by atoms with Crippen LogP contribution in [0.4, 0.5) is 0 Å². The normalized spacial score (nSPS) is 29.4. The Hall–Kier alpha value is -0.570. The minimum atomic E-state index is 0.0949. The molecule has 2 rings (SSSR count). The van der Waals surface area contributed by atoms with Crippen molar-refractivity contribution >= 4 is 5.91 Å². The molecule has 0 aromatic rings. The van der Waals surface area contributed by atoms with E-state index in [1.54, 1.807) is 0 Å². The van der Waals surface area contributed by atoms with Crippen LogP contribution in [0.5, 0.6) is 0 Å². The lowest BCUT2D eigenvalue weighted by Crippen LogP contribution is -2.47. The molecule has 1 N–H and O–H groups in total. The predicted octanol–water partition coefficient (Wildman–Crippen LogP) is 1.78. The van der Waals surface area contributed by atoms with E-state index in [4.69, 9.17) is 0 Å². The monoisotopic (exact) mass is 224 g/mol. The van der Waals surface area contributed by atoms with Crippen molar-refractivity contribution in [3.05, 3.63) is 0 Å². The molecule has 1 saturated heterocycles. The molecular weight excluding hydrogens is 200 g/mol. The van der Waals surface area contributed by atoms with Crippen molar-refractivity contribution in [2.45, 2.75) is 58.0 Å². The Morgan fingerprint density at radius 2 is 2.12 bits per heavy atom. The highest BCUT2D eigenvalue weighted by atomic mass is 16.2. The van der Waals surface area contributed by atoms with E-state index in [0.717, 1.165) is 25.9 Å². The highest BCUT2D eigenvalue weighted by molar-refractivity contribution is 5.83. The summed E-state index contributed by atoms with van der Waals surface area (Å²) in [6.07, 6.45) is 5.89. The summed E-state index contributed by atoms with van der Waals surface area (Å²) in [5.74, 6) is 0.872. The second kappa shape index (κ2) is 5.17. The Bertz CT molecular complexity index is 250. The number of carbonyl (C=O) groups excluding carboxylic acids is 1. The summed E-state index contributed by atoms with van der Waals surface area (Å²) in [7, 11) is 0. The quantitative estimate of drug-likeness (QED) is 0.772. The summed E-state index contributed by atoms with van der Waals surface area (Å²) in [6.45, 7) is 6.34. The highest BCUT2D eigenvalue weighted by Crippen LogP contribution is 2.29. The second-order valence-electron chi connectivity index (χ2n) is 5.31. The average molecular weight is 224 g/mol. The molecule has 2 aliphatic rings. The van der Waals surface area contributed by atoms with Gasteiger partial charge in [-0.3, -0.25) is 4.79 Å². The molecule has 2 unspecified atom stereocenters. The third kappa shape index (κ3) is 2.57. The van der Waals surface area contributed by atoms with Gasteiger partial charge in [0.05, 0.1) is 6.04 Å². The van der Waals surface area contributed by atoms with Crippen molar-refractivity contribution in [3.63, 3.8) is 0 Å². The maximum absolute atomic E-state index is 12.4. The van der Waals surface area contributed by atoms with E-state index in [-0.39, 0.29) is 6.04 Å². The van der Waals surface area contributed by atoms with Crippen LogP contribution in [0.2, 0.25) is 0 Å². The fourth-order valence-electron chi connectivity index (χ4n) is 2.53. The van der Waals surface area contributed by atoms with Crippen LogP contribution in [0.3, 0.4) is 0 Å². The van der Waals surface area contributed by atoms with E-state index in [1.807, 2.05) is 0 Å². The number of carbonyl (C=O) groups is 1. The summed E-state index contributed by atoms with van der Waals surface area (Å²) >= 11 is 0. The average Bonchev–Trinajstić information content (AvgIpc) is 3.01. The molecule has 92 valence electrons. The van der Waals surface area contributed by atoms with Gasteiger partial charge in [0.25, 0.3) is 0 Å². The first-order chi connectivity index (χ1) is 7.74. The van der Waals surface area contributed by atoms with Gasteiger partial charge < -0.3 is 10.2 Å². The van der Waals surface area contributed by atoms with E-state index < -0.39 is 0 Å². The van der Waals surface area contributed by atoms with Crippen LogP contribution >= 0.6 is 0 Å². The van der Waals surface area contributed by atoms with Crippen molar-refractivity contribution < 1.29 is 4.79 Å². The van der Waals surface area contributed by atoms with Gasteiger partial charge in [0.1, 0.15) is 0 Å². The Labute approximate surface area is 98.6 Å². The first-order valence-electron chi connectivity index (χ1n) is 6.78. The summed E-state index contributed by atoms with van der Waals surface area (Å²) in [6, 6.07) is 0.658. The smallest absolute Gasteiger partial charge is 0.240 e. The van der Waals surface area contributed by atoms with Gasteiger partial charge in [-0.25, -0.2) is 0 Å². The summed E-state index contributed by atoms with van der Waals surface area (Å²) in [5.41, 5.74) is 0. The zero-order valence-corrected chi connectivity index (χ0v) is 10.5. The Balaban J connectivity index is 1.93. The van der Waals surface area contributed by atoms with E-state index in [9.17, 15) is 4.79 Å². The van der Waals surface area contributed by atoms with Gasteiger partial charge in [-0.1, -0.05) is 20.3 Å². The fourth-order valence-corrected chi connectivity index (χ4v) is 2.53. The summed E-state index contributed by atoms with van der Waals surface area (Å²) < 4.78 is 0. The molecule has 0 bridgehead atoms. The maximum Gasteiger partial charge on any atom is 0.240 e. The van der Waals surface area contributed by atoms with Crippen molar-refractivity contribution in [3.8, 4) is 0 Å². The molecule has 0 spiro atoms. The molecule has 2 atom stereocenters. The Morgan fingerprint density at radius 1 is 1.38 bits per heavy atom. The van der Waals surface area contributed by atoms with Crippen molar-refractivity contribution in [2.24, 2.45) is 5.92 Å². The molecule has 0 aromatic heterocycles. The molecule has 1 aliphatic carbocycles. The van der Waals surface area contributed by atoms with Crippen LogP contribution < -0.4 is 5.32 Å². The minimum absolute atomic E-state index is 0.0949. The predicted molar refractivity (Wildman–Crippen MR) is 65.2 cm³/mol. The molecule has 1 saturated carbocycles. The molecule has 0 aromatic carbocycles. The molecule has 1 amide bonds. The van der Waals surface area contributed by atoms with Gasteiger partial charge >= 0.3 is 0 Å². The van der Waals surface area contributed by atoms with Crippen molar-refractivity contribution in [2.75, 3.05) is 13.1 Å². The van der Waals surface area contributed by atoms with Crippen LogP contribution in [-0.2, 0) is 4.79 Å². The molecule has 0 radical (unpaired) electrons. The Kier molecular flexibility index (Phi) is 3.85. The van der Waals surface area contributed by atoms with Gasteiger partial charge in [-0.2, -0.15) is 0 Å². The van der Waals surface area contributed by atoms with E-state index in [0.29, 0.717) is 17.9 Å². The van der Waals surface area contributed by atoms with Gasteiger partial charge in [-0.05, 0) is 38.1 Å². The standard InChI is InChI=1S/C13H24N2O/c1-3-4-9-15(11-5-6-11)13(16)12-10(2)7-8-14-12/h10-12,14H,3-9H2,1-2H3. The number of hydrogen-bond donors (Lipinski definition) is 1. The number of nitrogens with one attached hydrogen (secondary N) is 1. The number of hydrogen-bond acceptors (Lipinski definition) is 2. The van der Waals surface area contributed by atoms with Gasteiger partial charge in [0.2, 0.25) is 5.91 Å². The molecule has 3 nitrogen and oxygen atoms in total. The van der Waals surface area contributed by atoms with Crippen LogP contribution in [0.15, 0.2) is 0 Å². The second-order valence-corrected chi connectivity index (χ2v) is 5.31. The minimum Gasteiger partial charge on any atom is -0.338 e. The molecular formula is C13H24N2O. The summed E-state index contributed by atoms with van der Waals surface area (Å²) in [5, 5.41) is 3.35. The molecule has 1 aliphatic heterocycles. The maximum atomic E-state index is 12.4. The molecule has 16 heavy (non-hydrogen) atoms. The summed E-state index contributed by atoms with van der Waals surface area (Å²) in [4.78, 5) is 14.5. The topological polar surface area (TPSA) is 32.3 Å². The first-order valence-corrected chi connectivity index (χ1v) is 6.78. The Morgan fingerprint density at radius 3 is 2.62 bits per heavy atom. The van der Waals surface area contributed by atoms with E-state index >= 15 is 0 Å². The number of amides is 1. The zero-order chi connectivity index (χ0) is 11.5. The SMILES string of the molecule is CCCCN(C(=O)C1NCCC1C)C1CC1. The van der Waals surface area contributed by atoms with E-state index in [2.05, 4.69) is 24.1 Å². The van der Waals surface area contributed by atoms with Gasteiger partial charge in [0, 0.05) is 12.6 Å². The van der Waals surface area contributed by atoms with Gasteiger partial charge in [0.15, 0.2) is 0 Å². The van der Waals surface area contributed by atoms with Crippen LogP contribution in [0.1, 0.15) is 46.0 Å². The third-order valence-corrected chi connectivity index (χ3v) is 3.82. The first kappa shape index (κ1) is 11.9. The number of rotatable bonds is 5. The van der Waals surface area contributed by atoms with Crippen molar-refractivity contribution in [1.29, 1.82) is 0 Å². The molecule has 2 fully saturated rings.